The zero-order valence-corrected chi connectivity index (χ0v) is 10.3. The lowest BCUT2D eigenvalue weighted by Crippen LogP contribution is -2.41. The minimum atomic E-state index is 0.173. The standard InChI is InChI=1S/C14H23NO/c1-3-13(4-2)15-14(11-16)10-12-8-6-5-7-9-12/h5-9,13-16H,3-4,10-11H2,1-2H3. The first-order chi connectivity index (χ1) is 7.80. The van der Waals surface area contributed by atoms with E-state index < -0.39 is 0 Å². The molecule has 16 heavy (non-hydrogen) atoms. The van der Waals surface area contributed by atoms with Gasteiger partial charge in [-0.2, -0.15) is 0 Å². The molecule has 2 N–H and O–H groups in total. The monoisotopic (exact) mass is 221 g/mol. The quantitative estimate of drug-likeness (QED) is 0.741. The maximum atomic E-state index is 9.36. The Bertz CT molecular complexity index is 269. The zero-order valence-electron chi connectivity index (χ0n) is 10.3. The second-order valence-corrected chi connectivity index (χ2v) is 4.25. The molecule has 90 valence electrons. The summed E-state index contributed by atoms with van der Waals surface area (Å²) in [5.74, 6) is 0. The normalized spacial score (nSPS) is 13.0. The van der Waals surface area contributed by atoms with E-state index in [9.17, 15) is 5.11 Å². The number of nitrogens with one attached hydrogen (secondary N) is 1. The van der Waals surface area contributed by atoms with Crippen molar-refractivity contribution in [3.8, 4) is 0 Å². The first-order valence-electron chi connectivity index (χ1n) is 6.21. The van der Waals surface area contributed by atoms with E-state index in [1.54, 1.807) is 0 Å². The van der Waals surface area contributed by atoms with Crippen LogP contribution in [-0.4, -0.2) is 23.8 Å². The van der Waals surface area contributed by atoms with Crippen molar-refractivity contribution >= 4 is 0 Å². The molecule has 0 aliphatic rings. The number of hydrogen-bond acceptors (Lipinski definition) is 2. The minimum Gasteiger partial charge on any atom is -0.395 e. The Morgan fingerprint density at radius 2 is 1.69 bits per heavy atom. The number of benzene rings is 1. The van der Waals surface area contributed by atoms with Gasteiger partial charge in [-0.1, -0.05) is 44.2 Å². The highest BCUT2D eigenvalue weighted by Gasteiger charge is 2.12. The number of aliphatic hydroxyl groups excluding tert-OH is 1. The summed E-state index contributed by atoms with van der Waals surface area (Å²) < 4.78 is 0. The van der Waals surface area contributed by atoms with Gasteiger partial charge in [0.2, 0.25) is 0 Å². The summed E-state index contributed by atoms with van der Waals surface area (Å²) in [7, 11) is 0. The van der Waals surface area contributed by atoms with Gasteiger partial charge in [-0.05, 0) is 24.8 Å². The predicted molar refractivity (Wildman–Crippen MR) is 68.5 cm³/mol. The molecule has 0 aromatic heterocycles. The van der Waals surface area contributed by atoms with Crippen molar-refractivity contribution in [3.63, 3.8) is 0 Å². The molecule has 1 aromatic rings. The van der Waals surface area contributed by atoms with E-state index in [0.717, 1.165) is 19.3 Å². The molecule has 0 saturated heterocycles. The van der Waals surface area contributed by atoms with E-state index in [4.69, 9.17) is 0 Å². The van der Waals surface area contributed by atoms with Gasteiger partial charge < -0.3 is 10.4 Å². The molecule has 1 aromatic carbocycles. The average molecular weight is 221 g/mol. The van der Waals surface area contributed by atoms with Gasteiger partial charge in [-0.25, -0.2) is 0 Å². The Kier molecular flexibility index (Phi) is 6.12. The third kappa shape index (κ3) is 4.33. The highest BCUT2D eigenvalue weighted by Crippen LogP contribution is 2.05. The summed E-state index contributed by atoms with van der Waals surface area (Å²) in [6.45, 7) is 4.56. The number of aliphatic hydroxyl groups is 1. The van der Waals surface area contributed by atoms with Crippen molar-refractivity contribution in [3.05, 3.63) is 35.9 Å². The van der Waals surface area contributed by atoms with Crippen molar-refractivity contribution < 1.29 is 5.11 Å². The molecule has 0 aliphatic carbocycles. The lowest BCUT2D eigenvalue weighted by molar-refractivity contribution is 0.227. The van der Waals surface area contributed by atoms with Crippen LogP contribution < -0.4 is 5.32 Å². The third-order valence-electron chi connectivity index (χ3n) is 3.00. The maximum absolute atomic E-state index is 9.36. The lowest BCUT2D eigenvalue weighted by Gasteiger charge is -2.22. The molecular formula is C14H23NO. The fourth-order valence-electron chi connectivity index (χ4n) is 1.93. The van der Waals surface area contributed by atoms with E-state index >= 15 is 0 Å². The highest BCUT2D eigenvalue weighted by molar-refractivity contribution is 5.15. The fraction of sp³-hybridized carbons (Fsp3) is 0.571. The molecule has 1 rings (SSSR count). The molecule has 0 bridgehead atoms. The van der Waals surface area contributed by atoms with Crippen LogP contribution in [0.1, 0.15) is 32.3 Å². The Labute approximate surface area is 98.7 Å². The average Bonchev–Trinajstić information content (AvgIpc) is 2.35. The summed E-state index contributed by atoms with van der Waals surface area (Å²) in [6.07, 6.45) is 3.12. The van der Waals surface area contributed by atoms with Crippen molar-refractivity contribution in [2.75, 3.05) is 6.61 Å². The predicted octanol–water partition coefficient (Wildman–Crippen LogP) is 2.37. The third-order valence-corrected chi connectivity index (χ3v) is 3.00. The second-order valence-electron chi connectivity index (χ2n) is 4.25. The molecule has 0 radical (unpaired) electrons. The largest absolute Gasteiger partial charge is 0.395 e. The molecule has 0 aliphatic heterocycles. The maximum Gasteiger partial charge on any atom is 0.0587 e. The van der Waals surface area contributed by atoms with E-state index in [0.29, 0.717) is 6.04 Å². The van der Waals surface area contributed by atoms with Gasteiger partial charge in [0, 0.05) is 12.1 Å². The first kappa shape index (κ1) is 13.2. The van der Waals surface area contributed by atoms with Gasteiger partial charge in [-0.3, -0.25) is 0 Å². The molecule has 0 fully saturated rings. The lowest BCUT2D eigenvalue weighted by atomic mass is 10.0. The topological polar surface area (TPSA) is 32.3 Å². The minimum absolute atomic E-state index is 0.173. The Hall–Kier alpha value is -0.860. The molecule has 1 unspecified atom stereocenters. The van der Waals surface area contributed by atoms with Crippen LogP contribution in [-0.2, 0) is 6.42 Å². The molecule has 1 atom stereocenters. The van der Waals surface area contributed by atoms with Crippen molar-refractivity contribution in [1.82, 2.24) is 5.32 Å². The van der Waals surface area contributed by atoms with Crippen LogP contribution in [0.4, 0.5) is 0 Å². The van der Waals surface area contributed by atoms with E-state index in [1.165, 1.54) is 5.56 Å². The Morgan fingerprint density at radius 3 is 2.19 bits per heavy atom. The van der Waals surface area contributed by atoms with Crippen LogP contribution in [0, 0.1) is 0 Å². The number of hydrogen-bond donors (Lipinski definition) is 2. The molecule has 2 heteroatoms. The highest BCUT2D eigenvalue weighted by atomic mass is 16.3. The van der Waals surface area contributed by atoms with E-state index in [1.807, 2.05) is 18.2 Å². The van der Waals surface area contributed by atoms with Crippen LogP contribution in [0.3, 0.4) is 0 Å². The van der Waals surface area contributed by atoms with Crippen LogP contribution in [0.25, 0.3) is 0 Å². The first-order valence-corrected chi connectivity index (χ1v) is 6.21. The summed E-state index contributed by atoms with van der Waals surface area (Å²) >= 11 is 0. The van der Waals surface area contributed by atoms with Crippen LogP contribution in [0.2, 0.25) is 0 Å². The number of rotatable bonds is 7. The summed E-state index contributed by atoms with van der Waals surface area (Å²) in [5.41, 5.74) is 1.28. The SMILES string of the molecule is CCC(CC)NC(CO)Cc1ccccc1. The van der Waals surface area contributed by atoms with Gasteiger partial charge in [0.25, 0.3) is 0 Å². The van der Waals surface area contributed by atoms with Crippen molar-refractivity contribution in [1.29, 1.82) is 0 Å². The van der Waals surface area contributed by atoms with Crippen LogP contribution in [0.15, 0.2) is 30.3 Å². The van der Waals surface area contributed by atoms with Gasteiger partial charge in [0.15, 0.2) is 0 Å². The smallest absolute Gasteiger partial charge is 0.0587 e. The Morgan fingerprint density at radius 1 is 1.06 bits per heavy atom. The fourth-order valence-corrected chi connectivity index (χ4v) is 1.93. The van der Waals surface area contributed by atoms with Gasteiger partial charge >= 0.3 is 0 Å². The molecule has 0 amide bonds. The van der Waals surface area contributed by atoms with E-state index in [-0.39, 0.29) is 12.6 Å². The second kappa shape index (κ2) is 7.42. The summed E-state index contributed by atoms with van der Waals surface area (Å²) in [5, 5.41) is 12.9. The van der Waals surface area contributed by atoms with E-state index in [2.05, 4.69) is 31.3 Å². The van der Waals surface area contributed by atoms with Crippen LogP contribution >= 0.6 is 0 Å². The summed E-state index contributed by atoms with van der Waals surface area (Å²) in [4.78, 5) is 0. The Balaban J connectivity index is 2.49. The van der Waals surface area contributed by atoms with Gasteiger partial charge in [0.05, 0.1) is 6.61 Å². The zero-order chi connectivity index (χ0) is 11.8. The van der Waals surface area contributed by atoms with Crippen molar-refractivity contribution in [2.24, 2.45) is 0 Å². The molecule has 0 saturated carbocycles. The van der Waals surface area contributed by atoms with Gasteiger partial charge in [0.1, 0.15) is 0 Å². The van der Waals surface area contributed by atoms with Crippen LogP contribution in [0.5, 0.6) is 0 Å². The van der Waals surface area contributed by atoms with Gasteiger partial charge in [-0.15, -0.1) is 0 Å². The molecular weight excluding hydrogens is 198 g/mol. The molecule has 2 nitrogen and oxygen atoms in total. The van der Waals surface area contributed by atoms with Crippen molar-refractivity contribution in [2.45, 2.75) is 45.2 Å². The molecule has 0 spiro atoms. The molecule has 0 heterocycles. The summed E-state index contributed by atoms with van der Waals surface area (Å²) in [6, 6.07) is 11.0.